The molecule has 6 rings (SSSR count). The smallest absolute Gasteiger partial charge is 0.275 e. The van der Waals surface area contributed by atoms with Gasteiger partial charge in [-0.3, -0.25) is 14.7 Å². The Hall–Kier alpha value is -4.56. The van der Waals surface area contributed by atoms with Crippen molar-refractivity contribution >= 4 is 28.4 Å². The van der Waals surface area contributed by atoms with Crippen molar-refractivity contribution in [3.63, 3.8) is 0 Å². The van der Waals surface area contributed by atoms with Crippen molar-refractivity contribution in [3.05, 3.63) is 94.7 Å². The molecule has 2 aliphatic rings. The molecule has 1 aliphatic carbocycles. The second-order valence-electron chi connectivity index (χ2n) is 11.8. The number of amides is 2. The first-order valence-corrected chi connectivity index (χ1v) is 15.0. The highest BCUT2D eigenvalue weighted by Crippen LogP contribution is 2.44. The van der Waals surface area contributed by atoms with Crippen LogP contribution in [0.1, 0.15) is 71.3 Å². The van der Waals surface area contributed by atoms with Crippen LogP contribution in [0.3, 0.4) is 0 Å². The van der Waals surface area contributed by atoms with E-state index in [9.17, 15) is 25.1 Å². The molecule has 4 N–H and O–H groups in total. The van der Waals surface area contributed by atoms with Crippen molar-refractivity contribution in [2.75, 3.05) is 5.32 Å². The lowest BCUT2D eigenvalue weighted by Crippen LogP contribution is -2.46. The van der Waals surface area contributed by atoms with Crippen molar-refractivity contribution in [2.24, 2.45) is 0 Å². The molecule has 1 aliphatic heterocycles. The van der Waals surface area contributed by atoms with Gasteiger partial charge in [-0.25, -0.2) is 0 Å². The standard InChI is InChI=1S/C34H35N5O5/c35-18-23-6-7-29-28(17-23)31(38-37-29)33(43)39(19-22-4-2-1-3-5-22)27-8-11-34(12-9-27)13-10-30(44-34)32(42)36-26-15-24(20-40)14-25(16-26)21-41/h1-7,14-17,27,30,40-41H,8-13,19-21H2,(H,36,42)(H,37,38). The number of fused-ring (bicyclic) bond motifs is 1. The molecule has 0 bridgehead atoms. The highest BCUT2D eigenvalue weighted by Gasteiger charge is 2.46. The number of aromatic nitrogens is 2. The highest BCUT2D eigenvalue weighted by molar-refractivity contribution is 6.05. The summed E-state index contributed by atoms with van der Waals surface area (Å²) in [7, 11) is 0. The first-order valence-electron chi connectivity index (χ1n) is 15.0. The first-order chi connectivity index (χ1) is 21.4. The largest absolute Gasteiger partial charge is 0.392 e. The number of carbonyl (C=O) groups is 2. The number of nitriles is 1. The van der Waals surface area contributed by atoms with Gasteiger partial charge >= 0.3 is 0 Å². The number of anilines is 1. The van der Waals surface area contributed by atoms with Crippen LogP contribution in [0.25, 0.3) is 10.9 Å². The molecule has 1 atom stereocenters. The van der Waals surface area contributed by atoms with Crippen LogP contribution in [0.15, 0.2) is 66.7 Å². The summed E-state index contributed by atoms with van der Waals surface area (Å²) in [4.78, 5) is 29.1. The van der Waals surface area contributed by atoms with Crippen molar-refractivity contribution < 1.29 is 24.5 Å². The number of nitrogens with zero attached hydrogens (tertiary/aromatic N) is 3. The topological polar surface area (TPSA) is 152 Å². The van der Waals surface area contributed by atoms with Gasteiger partial charge in [0.05, 0.1) is 36.0 Å². The number of H-pyrrole nitrogens is 1. The lowest BCUT2D eigenvalue weighted by Gasteiger charge is -2.41. The molecule has 1 aromatic heterocycles. The summed E-state index contributed by atoms with van der Waals surface area (Å²) in [6.45, 7) is 0.0439. The molecule has 2 amide bonds. The van der Waals surface area contributed by atoms with Crippen LogP contribution in [0.5, 0.6) is 0 Å². The average molecular weight is 594 g/mol. The number of hydrogen-bond acceptors (Lipinski definition) is 7. The Kier molecular flexibility index (Phi) is 8.44. The fourth-order valence-corrected chi connectivity index (χ4v) is 6.58. The van der Waals surface area contributed by atoms with E-state index in [4.69, 9.17) is 4.74 Å². The minimum absolute atomic E-state index is 0.0474. The molecule has 2 fully saturated rings. The highest BCUT2D eigenvalue weighted by atomic mass is 16.5. The maximum atomic E-state index is 14.1. The summed E-state index contributed by atoms with van der Waals surface area (Å²) < 4.78 is 6.44. The summed E-state index contributed by atoms with van der Waals surface area (Å²) in [5.74, 6) is -0.431. The number of nitrogens with one attached hydrogen (secondary N) is 2. The average Bonchev–Trinajstić information content (AvgIpc) is 3.68. The maximum absolute atomic E-state index is 14.1. The Bertz CT molecular complexity index is 1680. The Morgan fingerprint density at radius 2 is 1.68 bits per heavy atom. The number of hydrogen-bond donors (Lipinski definition) is 4. The van der Waals surface area contributed by atoms with Crippen molar-refractivity contribution in [1.82, 2.24) is 15.1 Å². The van der Waals surface area contributed by atoms with Crippen LogP contribution in [-0.2, 0) is 29.3 Å². The molecule has 3 aromatic carbocycles. The second-order valence-corrected chi connectivity index (χ2v) is 11.8. The molecule has 1 saturated carbocycles. The van der Waals surface area contributed by atoms with Crippen LogP contribution < -0.4 is 5.32 Å². The van der Waals surface area contributed by atoms with Gasteiger partial charge in [-0.1, -0.05) is 36.4 Å². The molecule has 10 heteroatoms. The molecule has 226 valence electrons. The minimum atomic E-state index is -0.603. The summed E-state index contributed by atoms with van der Waals surface area (Å²) in [6, 6.07) is 22.2. The zero-order valence-corrected chi connectivity index (χ0v) is 24.3. The SMILES string of the molecule is N#Cc1ccc2[nH]nc(C(=O)N(Cc3ccccc3)C3CCC4(CCC(C(=O)Nc5cc(CO)cc(CO)c5)O4)CC3)c2c1. The normalized spacial score (nSPS) is 21.3. The lowest BCUT2D eigenvalue weighted by molar-refractivity contribution is -0.135. The fraction of sp³-hybridized carbons (Fsp3) is 0.353. The number of aliphatic hydroxyl groups excluding tert-OH is 2. The predicted molar refractivity (Wildman–Crippen MR) is 163 cm³/mol. The maximum Gasteiger partial charge on any atom is 0.275 e. The Labute approximate surface area is 255 Å². The summed E-state index contributed by atoms with van der Waals surface area (Å²) >= 11 is 0. The molecule has 4 aromatic rings. The van der Waals surface area contributed by atoms with E-state index in [0.717, 1.165) is 24.8 Å². The Morgan fingerprint density at radius 3 is 2.36 bits per heavy atom. The summed E-state index contributed by atoms with van der Waals surface area (Å²) in [5, 5.41) is 39.3. The van der Waals surface area contributed by atoms with E-state index in [-0.39, 0.29) is 31.1 Å². The molecule has 44 heavy (non-hydrogen) atoms. The van der Waals surface area contributed by atoms with Crippen LogP contribution in [-0.4, -0.2) is 54.9 Å². The zero-order valence-electron chi connectivity index (χ0n) is 24.3. The lowest BCUT2D eigenvalue weighted by atomic mass is 9.79. The van der Waals surface area contributed by atoms with Gasteiger partial charge in [0.25, 0.3) is 11.8 Å². The van der Waals surface area contributed by atoms with E-state index in [1.54, 1.807) is 36.4 Å². The van der Waals surface area contributed by atoms with Crippen molar-refractivity contribution in [2.45, 2.75) is 76.0 Å². The number of ether oxygens (including phenoxy) is 1. The molecule has 1 saturated heterocycles. The Morgan fingerprint density at radius 1 is 0.977 bits per heavy atom. The van der Waals surface area contributed by atoms with E-state index in [2.05, 4.69) is 21.6 Å². The number of benzene rings is 3. The Balaban J connectivity index is 1.16. The van der Waals surface area contributed by atoms with Gasteiger partial charge in [0.2, 0.25) is 0 Å². The number of rotatable bonds is 8. The van der Waals surface area contributed by atoms with E-state index in [0.29, 0.717) is 64.8 Å². The zero-order chi connectivity index (χ0) is 30.7. The third kappa shape index (κ3) is 6.08. The third-order valence-electron chi connectivity index (χ3n) is 8.89. The number of aliphatic hydroxyl groups is 2. The molecule has 10 nitrogen and oxygen atoms in total. The van der Waals surface area contributed by atoms with Gasteiger partial charge in [0, 0.05) is 23.7 Å². The van der Waals surface area contributed by atoms with Crippen molar-refractivity contribution in [3.8, 4) is 6.07 Å². The van der Waals surface area contributed by atoms with Gasteiger partial charge < -0.3 is 25.2 Å². The fourth-order valence-electron chi connectivity index (χ4n) is 6.58. The van der Waals surface area contributed by atoms with Gasteiger partial charge in [0.1, 0.15) is 6.10 Å². The third-order valence-corrected chi connectivity index (χ3v) is 8.89. The minimum Gasteiger partial charge on any atom is -0.392 e. The van der Waals surface area contributed by atoms with Crippen LogP contribution in [0.2, 0.25) is 0 Å². The van der Waals surface area contributed by atoms with Crippen molar-refractivity contribution in [1.29, 1.82) is 5.26 Å². The van der Waals surface area contributed by atoms with Crippen LogP contribution >= 0.6 is 0 Å². The van der Waals surface area contributed by atoms with Gasteiger partial charge in [-0.15, -0.1) is 0 Å². The molecule has 1 unspecified atom stereocenters. The number of aromatic amines is 1. The van der Waals surface area contributed by atoms with Crippen LogP contribution in [0.4, 0.5) is 5.69 Å². The van der Waals surface area contributed by atoms with E-state index in [1.165, 1.54) is 0 Å². The van der Waals surface area contributed by atoms with Gasteiger partial charge in [-0.2, -0.15) is 10.4 Å². The predicted octanol–water partition coefficient (Wildman–Crippen LogP) is 4.56. The molecule has 2 heterocycles. The molecular weight excluding hydrogens is 558 g/mol. The summed E-state index contributed by atoms with van der Waals surface area (Å²) in [6.07, 6.45) is 3.62. The monoisotopic (exact) mass is 593 g/mol. The van der Waals surface area contributed by atoms with Gasteiger partial charge in [0.15, 0.2) is 5.69 Å². The van der Waals surface area contributed by atoms with E-state index >= 15 is 0 Å². The first kappa shape index (κ1) is 29.5. The second kappa shape index (κ2) is 12.6. The van der Waals surface area contributed by atoms with E-state index < -0.39 is 11.7 Å². The summed E-state index contributed by atoms with van der Waals surface area (Å²) in [5.41, 5.74) is 3.79. The van der Waals surface area contributed by atoms with E-state index in [1.807, 2.05) is 35.2 Å². The quantitative estimate of drug-likeness (QED) is 0.234. The molecule has 1 spiro atoms. The number of carbonyl (C=O) groups excluding carboxylic acids is 2. The molecular formula is C34H35N5O5. The molecule has 0 radical (unpaired) electrons. The van der Waals surface area contributed by atoms with Crippen LogP contribution in [0, 0.1) is 11.3 Å². The van der Waals surface area contributed by atoms with Gasteiger partial charge in [-0.05, 0) is 85.5 Å².